The Labute approximate surface area is 132 Å². The van der Waals surface area contributed by atoms with Crippen LogP contribution in [-0.2, 0) is 14.4 Å². The second-order valence-corrected chi connectivity index (χ2v) is 5.54. The maximum absolute atomic E-state index is 10.8. The molecule has 0 fully saturated rings. The molecular formula is C16H30O6. The monoisotopic (exact) mass is 318 g/mol. The first kappa shape index (κ1) is 23.2. The molecule has 0 radical (unpaired) electrons. The van der Waals surface area contributed by atoms with E-state index in [-0.39, 0.29) is 36.6 Å². The summed E-state index contributed by atoms with van der Waals surface area (Å²) in [7, 11) is 0. The number of aliphatic hydroxyl groups excluding tert-OH is 3. The molecule has 0 aromatic carbocycles. The standard InChI is InChI=1S/C8H16O3.C8H14O3/c2*1-3-7(10)5-8(11)4-6(2)9/h7-8,10-11H,3-5H2,1-2H3;7,10H,3-5H2,1-2H3/t7-,8+;7-/m11/s1. The van der Waals surface area contributed by atoms with E-state index in [9.17, 15) is 14.4 Å². The molecule has 0 rings (SSSR count). The minimum absolute atomic E-state index is 0.0409. The van der Waals surface area contributed by atoms with Crippen molar-refractivity contribution in [3.05, 3.63) is 0 Å². The Morgan fingerprint density at radius 3 is 1.64 bits per heavy atom. The van der Waals surface area contributed by atoms with Crippen LogP contribution in [0.2, 0.25) is 0 Å². The van der Waals surface area contributed by atoms with E-state index in [0.717, 1.165) is 0 Å². The van der Waals surface area contributed by atoms with Gasteiger partial charge in [0.25, 0.3) is 0 Å². The number of carbonyl (C=O) groups excluding carboxylic acids is 3. The highest BCUT2D eigenvalue weighted by Crippen LogP contribution is 2.05. The smallest absolute Gasteiger partial charge is 0.142 e. The Bertz CT molecular complexity index is 340. The SMILES string of the molecule is CC[C@@H](O)CC(=O)CC(C)=O.CC[C@@H](O)C[C@@H](O)CC(C)=O. The van der Waals surface area contributed by atoms with Crippen molar-refractivity contribution >= 4 is 17.3 Å². The van der Waals surface area contributed by atoms with Crippen molar-refractivity contribution in [2.75, 3.05) is 0 Å². The number of hydrogen-bond acceptors (Lipinski definition) is 6. The first-order valence-electron chi connectivity index (χ1n) is 7.66. The molecule has 3 N–H and O–H groups in total. The van der Waals surface area contributed by atoms with Crippen molar-refractivity contribution in [3.63, 3.8) is 0 Å². The zero-order valence-corrected chi connectivity index (χ0v) is 14.0. The number of hydrogen-bond donors (Lipinski definition) is 3. The predicted octanol–water partition coefficient (Wildman–Crippen LogP) is 1.18. The average Bonchev–Trinajstić information content (AvgIpc) is 2.36. The van der Waals surface area contributed by atoms with Crippen LogP contribution in [0.4, 0.5) is 0 Å². The van der Waals surface area contributed by atoms with Gasteiger partial charge in [0.1, 0.15) is 17.3 Å². The Morgan fingerprint density at radius 2 is 1.27 bits per heavy atom. The van der Waals surface area contributed by atoms with Gasteiger partial charge in [-0.3, -0.25) is 14.4 Å². The summed E-state index contributed by atoms with van der Waals surface area (Å²) in [6.07, 6.45) is -0.0486. The molecule has 0 unspecified atom stereocenters. The lowest BCUT2D eigenvalue weighted by Gasteiger charge is -2.11. The summed E-state index contributed by atoms with van der Waals surface area (Å²) in [5.41, 5.74) is 0. The van der Waals surface area contributed by atoms with Crippen LogP contribution >= 0.6 is 0 Å². The van der Waals surface area contributed by atoms with Gasteiger partial charge in [-0.15, -0.1) is 0 Å². The van der Waals surface area contributed by atoms with E-state index >= 15 is 0 Å². The Morgan fingerprint density at radius 1 is 0.773 bits per heavy atom. The molecule has 0 aromatic rings. The van der Waals surface area contributed by atoms with Crippen molar-refractivity contribution in [3.8, 4) is 0 Å². The fraction of sp³-hybridized carbons (Fsp3) is 0.812. The molecule has 0 saturated carbocycles. The molecule has 0 amide bonds. The largest absolute Gasteiger partial charge is 0.393 e. The zero-order valence-electron chi connectivity index (χ0n) is 14.0. The van der Waals surface area contributed by atoms with Crippen molar-refractivity contribution in [1.29, 1.82) is 0 Å². The van der Waals surface area contributed by atoms with E-state index in [1.165, 1.54) is 13.8 Å². The summed E-state index contributed by atoms with van der Waals surface area (Å²) in [5, 5.41) is 27.2. The topological polar surface area (TPSA) is 112 Å². The van der Waals surface area contributed by atoms with Gasteiger partial charge in [-0.1, -0.05) is 13.8 Å². The third-order valence-corrected chi connectivity index (χ3v) is 2.92. The molecule has 130 valence electrons. The molecule has 0 aromatic heterocycles. The molecular weight excluding hydrogens is 288 g/mol. The van der Waals surface area contributed by atoms with E-state index in [0.29, 0.717) is 19.3 Å². The number of rotatable bonds is 10. The third-order valence-electron chi connectivity index (χ3n) is 2.92. The van der Waals surface area contributed by atoms with Crippen LogP contribution < -0.4 is 0 Å². The normalized spacial score (nSPS) is 14.3. The highest BCUT2D eigenvalue weighted by atomic mass is 16.3. The van der Waals surface area contributed by atoms with Crippen LogP contribution in [0.25, 0.3) is 0 Å². The van der Waals surface area contributed by atoms with Crippen LogP contribution in [0.5, 0.6) is 0 Å². The van der Waals surface area contributed by atoms with Crippen LogP contribution in [0, 0.1) is 0 Å². The van der Waals surface area contributed by atoms with Gasteiger partial charge in [0.15, 0.2) is 0 Å². The molecule has 0 spiro atoms. The van der Waals surface area contributed by atoms with Gasteiger partial charge < -0.3 is 15.3 Å². The summed E-state index contributed by atoms with van der Waals surface area (Å²) in [5.74, 6) is -0.356. The van der Waals surface area contributed by atoms with Crippen LogP contribution in [0.15, 0.2) is 0 Å². The first-order chi connectivity index (χ1) is 10.1. The Balaban J connectivity index is 0. The number of Topliss-reactive ketones (excluding diaryl/α,β-unsaturated/α-hetero) is 3. The molecule has 0 aliphatic heterocycles. The average molecular weight is 318 g/mol. The molecule has 22 heavy (non-hydrogen) atoms. The molecule has 0 saturated heterocycles. The quantitative estimate of drug-likeness (QED) is 0.522. The molecule has 0 bridgehead atoms. The van der Waals surface area contributed by atoms with Crippen LogP contribution in [-0.4, -0.2) is 51.0 Å². The third kappa shape index (κ3) is 16.9. The van der Waals surface area contributed by atoms with Gasteiger partial charge in [-0.25, -0.2) is 0 Å². The van der Waals surface area contributed by atoms with Gasteiger partial charge >= 0.3 is 0 Å². The summed E-state index contributed by atoms with van der Waals surface area (Å²) in [6, 6.07) is 0. The summed E-state index contributed by atoms with van der Waals surface area (Å²) >= 11 is 0. The van der Waals surface area contributed by atoms with E-state index in [1.54, 1.807) is 6.92 Å². The lowest BCUT2D eigenvalue weighted by molar-refractivity contribution is -0.127. The highest BCUT2D eigenvalue weighted by Gasteiger charge is 2.11. The van der Waals surface area contributed by atoms with E-state index in [1.807, 2.05) is 6.92 Å². The Kier molecular flexibility index (Phi) is 14.3. The van der Waals surface area contributed by atoms with Gasteiger partial charge in [0.05, 0.1) is 24.7 Å². The molecule has 0 aliphatic carbocycles. The summed E-state index contributed by atoms with van der Waals surface area (Å²) in [4.78, 5) is 31.7. The van der Waals surface area contributed by atoms with Gasteiger partial charge in [0.2, 0.25) is 0 Å². The fourth-order valence-electron chi connectivity index (χ4n) is 1.65. The molecule has 0 aliphatic rings. The van der Waals surface area contributed by atoms with Crippen molar-refractivity contribution in [2.45, 2.75) is 84.5 Å². The summed E-state index contributed by atoms with van der Waals surface area (Å²) in [6.45, 7) is 6.44. The number of aliphatic hydroxyl groups is 3. The van der Waals surface area contributed by atoms with Crippen LogP contribution in [0.3, 0.4) is 0 Å². The van der Waals surface area contributed by atoms with Crippen molar-refractivity contribution in [1.82, 2.24) is 0 Å². The number of ketones is 3. The van der Waals surface area contributed by atoms with E-state index in [2.05, 4.69) is 0 Å². The Hall–Kier alpha value is -1.11. The maximum Gasteiger partial charge on any atom is 0.142 e. The lowest BCUT2D eigenvalue weighted by Crippen LogP contribution is -2.19. The van der Waals surface area contributed by atoms with E-state index in [4.69, 9.17) is 15.3 Å². The minimum atomic E-state index is -0.678. The number of carbonyl (C=O) groups is 3. The fourth-order valence-corrected chi connectivity index (χ4v) is 1.65. The highest BCUT2D eigenvalue weighted by molar-refractivity contribution is 5.98. The van der Waals surface area contributed by atoms with Gasteiger partial charge in [-0.05, 0) is 33.1 Å². The maximum atomic E-state index is 10.8. The van der Waals surface area contributed by atoms with E-state index < -0.39 is 18.3 Å². The molecule has 6 heteroatoms. The van der Waals surface area contributed by atoms with Crippen molar-refractivity contribution < 1.29 is 29.7 Å². The minimum Gasteiger partial charge on any atom is -0.393 e. The second-order valence-electron chi connectivity index (χ2n) is 5.54. The molecule has 0 heterocycles. The first-order valence-corrected chi connectivity index (χ1v) is 7.66. The van der Waals surface area contributed by atoms with Crippen LogP contribution in [0.1, 0.15) is 66.2 Å². The molecule has 6 nitrogen and oxygen atoms in total. The second kappa shape index (κ2) is 13.5. The zero-order chi connectivity index (χ0) is 17.7. The van der Waals surface area contributed by atoms with Gasteiger partial charge in [-0.2, -0.15) is 0 Å². The van der Waals surface area contributed by atoms with Crippen molar-refractivity contribution in [2.24, 2.45) is 0 Å². The molecule has 3 atom stereocenters. The lowest BCUT2D eigenvalue weighted by atomic mass is 10.1. The predicted molar refractivity (Wildman–Crippen MR) is 83.4 cm³/mol. The van der Waals surface area contributed by atoms with Gasteiger partial charge in [0, 0.05) is 12.8 Å². The summed E-state index contributed by atoms with van der Waals surface area (Å²) < 4.78 is 0.